The van der Waals surface area contributed by atoms with Crippen LogP contribution in [0, 0.1) is 0 Å². The number of nitrogens with two attached hydrogens (primary N) is 5. The normalized spacial score (nSPS) is 4.77. The average Bonchev–Trinajstić information content (AvgIpc) is 2.71. The Balaban J connectivity index is -0.0000000107. The first kappa shape index (κ1) is 78.4. The molecule has 0 aliphatic heterocycles. The van der Waals surface area contributed by atoms with Gasteiger partial charge in [0.2, 0.25) is 0 Å². The number of carbonyl (C=O) groups is 2. The molecule has 14 N–H and O–H groups in total. The smallest absolute Gasteiger partial charge is 1.00 e. The second-order valence-corrected chi connectivity index (χ2v) is 2.16. The number of esters is 1. The monoisotopic (exact) mass is 446 g/mol. The molecule has 0 aromatic carbocycles. The van der Waals surface area contributed by atoms with Crippen LogP contribution in [0.3, 0.4) is 0 Å². The number of methoxy groups -OCH3 is 1. The van der Waals surface area contributed by atoms with Crippen molar-refractivity contribution in [2.75, 3.05) is 62.2 Å². The zero-order valence-electron chi connectivity index (χ0n) is 22.6. The van der Waals surface area contributed by atoms with Crippen molar-refractivity contribution < 1.29 is 55.0 Å². The van der Waals surface area contributed by atoms with Crippen LogP contribution in [0.2, 0.25) is 0 Å². The van der Waals surface area contributed by atoms with Crippen molar-refractivity contribution in [1.82, 2.24) is 0 Å². The van der Waals surface area contributed by atoms with E-state index in [0.717, 1.165) is 6.92 Å². The molecule has 0 atom stereocenters. The Labute approximate surface area is 201 Å². The number of aliphatic carboxylic acids is 1. The summed E-state index contributed by atoms with van der Waals surface area (Å²) in [6, 6.07) is 0. The summed E-state index contributed by atoms with van der Waals surface area (Å²) in [4.78, 5) is 18.6. The molecule has 189 valence electrons. The molecule has 0 heterocycles. The Morgan fingerprint density at radius 3 is 0.733 bits per heavy atom. The van der Waals surface area contributed by atoms with Gasteiger partial charge in [-0.25, -0.2) is 0 Å². The van der Waals surface area contributed by atoms with E-state index in [9.17, 15) is 4.79 Å². The van der Waals surface area contributed by atoms with E-state index in [0.29, 0.717) is 0 Å². The molecule has 0 saturated carbocycles. The number of hydrogen-bond acceptors (Lipinski definition) is 11. The maximum atomic E-state index is 9.59. The SMILES string of the molecule is CC(=O)O.CCO.CCO.CCO.CN.CN.CN.CN.CN.COC(C)=O.[B].[H-].[Li+]. The van der Waals surface area contributed by atoms with E-state index in [1.54, 1.807) is 20.8 Å². The summed E-state index contributed by atoms with van der Waals surface area (Å²) in [6.45, 7) is 8.24. The van der Waals surface area contributed by atoms with Crippen molar-refractivity contribution in [3.63, 3.8) is 0 Å². The molecule has 0 saturated heterocycles. The Bertz CT molecular complexity index is 170. The topological polar surface area (TPSA) is 254 Å². The molecular formula is C16H54BLiN5O7. The van der Waals surface area contributed by atoms with Gasteiger partial charge >= 0.3 is 24.8 Å². The fraction of sp³-hybridized carbons (Fsp3) is 0.875. The molecule has 14 heteroatoms. The molecule has 3 radical (unpaired) electrons. The number of hydrogen-bond donors (Lipinski definition) is 9. The first-order valence-corrected chi connectivity index (χ1v) is 8.20. The number of rotatable bonds is 0. The molecule has 0 aliphatic rings. The summed E-state index contributed by atoms with van der Waals surface area (Å²) in [5.41, 5.74) is 22.5. The van der Waals surface area contributed by atoms with Crippen LogP contribution in [0.15, 0.2) is 0 Å². The van der Waals surface area contributed by atoms with Crippen molar-refractivity contribution in [2.45, 2.75) is 34.6 Å². The minimum Gasteiger partial charge on any atom is -1.00 e. The standard InChI is InChI=1S/C3H6O2.C2H4O2.3C2H6O.5CH5N.B.Li.H/c1-3(4)5-2;1-2(3)4;3*1-2-3;5*1-2;;;/h1-2H3;1H3,(H,3,4);3*3H,2H2,1H3;5*2H2,1H3;;;/q;;;;;;;;;;;+1;-1. The molecule has 0 aromatic heterocycles. The predicted molar refractivity (Wildman–Crippen MR) is 127 cm³/mol. The number of aliphatic hydroxyl groups is 3. The van der Waals surface area contributed by atoms with Gasteiger partial charge in [-0.15, -0.1) is 0 Å². The van der Waals surface area contributed by atoms with Crippen LogP contribution in [0.1, 0.15) is 36.0 Å². The van der Waals surface area contributed by atoms with Crippen LogP contribution < -0.4 is 47.5 Å². The summed E-state index contributed by atoms with van der Waals surface area (Å²) in [5, 5.41) is 30.1. The van der Waals surface area contributed by atoms with E-state index in [4.69, 9.17) is 25.2 Å². The molecule has 0 spiro atoms. The Morgan fingerprint density at radius 1 is 0.700 bits per heavy atom. The number of carboxylic acids is 1. The molecule has 0 rings (SSSR count). The van der Waals surface area contributed by atoms with Crippen molar-refractivity contribution in [2.24, 2.45) is 28.7 Å². The van der Waals surface area contributed by atoms with Crippen molar-refractivity contribution in [3.05, 3.63) is 0 Å². The van der Waals surface area contributed by atoms with Gasteiger partial charge in [0, 0.05) is 42.1 Å². The van der Waals surface area contributed by atoms with E-state index >= 15 is 0 Å². The number of ether oxygens (including phenoxy) is 1. The number of carboxylic acid groups (broad SMARTS) is 1. The quantitative estimate of drug-likeness (QED) is 0.125. The van der Waals surface area contributed by atoms with E-state index in [1.165, 1.54) is 49.3 Å². The molecular weight excluding hydrogens is 392 g/mol. The van der Waals surface area contributed by atoms with E-state index in [-0.39, 0.29) is 54.5 Å². The van der Waals surface area contributed by atoms with Crippen LogP contribution in [0.4, 0.5) is 0 Å². The third kappa shape index (κ3) is 11500. The van der Waals surface area contributed by atoms with Crippen LogP contribution in [-0.4, -0.2) is 103 Å². The van der Waals surface area contributed by atoms with Crippen LogP contribution in [0.5, 0.6) is 0 Å². The molecule has 0 fully saturated rings. The maximum absolute atomic E-state index is 9.59. The van der Waals surface area contributed by atoms with Gasteiger partial charge in [0.15, 0.2) is 0 Å². The van der Waals surface area contributed by atoms with Gasteiger partial charge in [-0.05, 0) is 56.0 Å². The predicted octanol–water partition coefficient (Wildman–Crippen LogP) is -5.12. The van der Waals surface area contributed by atoms with Gasteiger partial charge in [0.25, 0.3) is 5.97 Å². The Morgan fingerprint density at radius 2 is 0.733 bits per heavy atom. The maximum Gasteiger partial charge on any atom is 1.00 e. The average molecular weight is 446 g/mol. The summed E-state index contributed by atoms with van der Waals surface area (Å²) < 4.78 is 4.11. The second-order valence-electron chi connectivity index (χ2n) is 2.16. The van der Waals surface area contributed by atoms with Gasteiger partial charge < -0.3 is 55.3 Å². The Kier molecular flexibility index (Phi) is 639. The zero-order chi connectivity index (χ0) is 26.0. The third-order valence-electron chi connectivity index (χ3n) is 0.287. The minimum absolute atomic E-state index is 0. The molecule has 0 amide bonds. The van der Waals surface area contributed by atoms with Crippen LogP contribution in [0.25, 0.3) is 0 Å². The largest absolute Gasteiger partial charge is 1.00 e. The van der Waals surface area contributed by atoms with E-state index in [1.807, 2.05) is 0 Å². The van der Waals surface area contributed by atoms with Gasteiger partial charge in [-0.1, -0.05) is 0 Å². The molecule has 0 aliphatic carbocycles. The van der Waals surface area contributed by atoms with Gasteiger partial charge in [0.1, 0.15) is 0 Å². The first-order chi connectivity index (χ1) is 13.2. The number of aliphatic hydroxyl groups excluding tert-OH is 3. The minimum atomic E-state index is -0.833. The molecule has 30 heavy (non-hydrogen) atoms. The summed E-state index contributed by atoms with van der Waals surface area (Å²) in [5.74, 6) is -1.08. The van der Waals surface area contributed by atoms with Gasteiger partial charge in [-0.2, -0.15) is 0 Å². The fourth-order valence-corrected chi connectivity index (χ4v) is 0. The second kappa shape index (κ2) is 244. The van der Waals surface area contributed by atoms with E-state index in [2.05, 4.69) is 33.4 Å². The van der Waals surface area contributed by atoms with Crippen LogP contribution in [-0.2, 0) is 14.3 Å². The Hall–Kier alpha value is -0.718. The van der Waals surface area contributed by atoms with Crippen molar-refractivity contribution >= 4 is 20.4 Å². The van der Waals surface area contributed by atoms with Gasteiger partial charge in [-0.3, -0.25) is 9.59 Å². The first-order valence-electron chi connectivity index (χ1n) is 8.20. The van der Waals surface area contributed by atoms with Crippen molar-refractivity contribution in [1.29, 1.82) is 0 Å². The molecule has 0 aromatic rings. The third-order valence-corrected chi connectivity index (χ3v) is 0.287. The molecule has 0 bridgehead atoms. The van der Waals surface area contributed by atoms with Gasteiger partial charge in [0.05, 0.1) is 7.11 Å². The summed E-state index contributed by atoms with van der Waals surface area (Å²) in [7, 11) is 8.85. The fourth-order valence-electron chi connectivity index (χ4n) is 0. The summed E-state index contributed by atoms with van der Waals surface area (Å²) in [6.07, 6.45) is 0. The molecule has 12 nitrogen and oxygen atoms in total. The zero-order valence-corrected chi connectivity index (χ0v) is 21.6. The van der Waals surface area contributed by atoms with Crippen LogP contribution >= 0.6 is 0 Å². The van der Waals surface area contributed by atoms with E-state index < -0.39 is 5.97 Å². The van der Waals surface area contributed by atoms with Crippen molar-refractivity contribution in [3.8, 4) is 0 Å². The molecule has 0 unspecified atom stereocenters. The summed E-state index contributed by atoms with van der Waals surface area (Å²) >= 11 is 0. The number of carbonyl (C=O) groups excluding carboxylic acids is 1.